The van der Waals surface area contributed by atoms with Gasteiger partial charge in [-0.1, -0.05) is 48.5 Å². The molecule has 3 rings (SSSR count). The number of allylic oxidation sites excluding steroid dienone is 2. The van der Waals surface area contributed by atoms with Gasteiger partial charge >= 0.3 is 0 Å². The number of carbonyl (C=O) groups is 1. The predicted octanol–water partition coefficient (Wildman–Crippen LogP) is 4.53. The van der Waals surface area contributed by atoms with Crippen LogP contribution in [0.1, 0.15) is 12.5 Å². The number of hydrogen-bond acceptors (Lipinski definition) is 4. The van der Waals surface area contributed by atoms with Crippen molar-refractivity contribution in [3.05, 3.63) is 76.7 Å². The monoisotopic (exact) mass is 350 g/mol. The number of thioether (sulfide) groups is 1. The van der Waals surface area contributed by atoms with Gasteiger partial charge in [0.2, 0.25) is 0 Å². The van der Waals surface area contributed by atoms with E-state index in [0.717, 1.165) is 11.1 Å². The molecule has 25 heavy (non-hydrogen) atoms. The number of ether oxygens (including phenoxy) is 1. The Morgan fingerprint density at radius 1 is 1.12 bits per heavy atom. The maximum Gasteiger partial charge on any atom is 0.264 e. The van der Waals surface area contributed by atoms with E-state index >= 15 is 0 Å². The van der Waals surface area contributed by atoms with Crippen molar-refractivity contribution in [3.63, 3.8) is 0 Å². The molecule has 1 aliphatic rings. The molecule has 1 heterocycles. The topological polar surface area (TPSA) is 50.7 Å². The molecule has 0 saturated carbocycles. The quantitative estimate of drug-likeness (QED) is 0.824. The summed E-state index contributed by atoms with van der Waals surface area (Å²) in [4.78, 5) is 17.3. The van der Waals surface area contributed by atoms with Crippen molar-refractivity contribution < 1.29 is 9.53 Å². The first kappa shape index (κ1) is 17.0. The summed E-state index contributed by atoms with van der Waals surface area (Å²) >= 11 is 1.33. The van der Waals surface area contributed by atoms with Crippen molar-refractivity contribution in [1.29, 1.82) is 0 Å². The lowest BCUT2D eigenvalue weighted by molar-refractivity contribution is -0.115. The van der Waals surface area contributed by atoms with Crippen LogP contribution >= 0.6 is 11.8 Å². The maximum absolute atomic E-state index is 12.2. The van der Waals surface area contributed by atoms with E-state index in [4.69, 9.17) is 4.74 Å². The highest BCUT2D eigenvalue weighted by molar-refractivity contribution is 8.18. The van der Waals surface area contributed by atoms with Crippen molar-refractivity contribution >= 4 is 34.6 Å². The van der Waals surface area contributed by atoms with E-state index in [1.807, 2.05) is 73.7 Å². The Morgan fingerprint density at radius 2 is 1.84 bits per heavy atom. The van der Waals surface area contributed by atoms with Crippen molar-refractivity contribution in [2.45, 2.75) is 6.92 Å². The zero-order valence-electron chi connectivity index (χ0n) is 14.0. The minimum absolute atomic E-state index is 0.139. The van der Waals surface area contributed by atoms with Gasteiger partial charge in [-0.2, -0.15) is 0 Å². The molecule has 0 atom stereocenters. The van der Waals surface area contributed by atoms with Gasteiger partial charge in [0, 0.05) is 0 Å². The molecule has 2 aromatic carbocycles. The van der Waals surface area contributed by atoms with Crippen LogP contribution in [0.2, 0.25) is 0 Å². The molecule has 0 aliphatic carbocycles. The van der Waals surface area contributed by atoms with Crippen LogP contribution < -0.4 is 10.1 Å². The van der Waals surface area contributed by atoms with Crippen molar-refractivity contribution in [3.8, 4) is 5.75 Å². The summed E-state index contributed by atoms with van der Waals surface area (Å²) in [6.07, 6.45) is 3.91. The van der Waals surface area contributed by atoms with Gasteiger partial charge in [-0.15, -0.1) is 0 Å². The summed E-state index contributed by atoms with van der Waals surface area (Å²) in [7, 11) is 1.60. The zero-order valence-corrected chi connectivity index (χ0v) is 14.8. The second-order valence-electron chi connectivity index (χ2n) is 5.45. The van der Waals surface area contributed by atoms with E-state index in [-0.39, 0.29) is 5.91 Å². The van der Waals surface area contributed by atoms with Crippen LogP contribution in [-0.2, 0) is 4.79 Å². The molecule has 5 heteroatoms. The molecule has 1 aliphatic heterocycles. The average molecular weight is 350 g/mol. The van der Waals surface area contributed by atoms with Gasteiger partial charge in [0.05, 0.1) is 12.0 Å². The van der Waals surface area contributed by atoms with Gasteiger partial charge in [-0.05, 0) is 48.0 Å². The molecule has 4 nitrogen and oxygen atoms in total. The lowest BCUT2D eigenvalue weighted by Crippen LogP contribution is -2.19. The van der Waals surface area contributed by atoms with Crippen LogP contribution in [0.3, 0.4) is 0 Å². The van der Waals surface area contributed by atoms with E-state index in [1.165, 1.54) is 11.8 Å². The molecule has 1 amide bonds. The van der Waals surface area contributed by atoms with E-state index in [2.05, 4.69) is 10.3 Å². The fraction of sp³-hybridized carbons (Fsp3) is 0.100. The summed E-state index contributed by atoms with van der Waals surface area (Å²) in [5, 5.41) is 3.35. The molecule has 0 spiro atoms. The largest absolute Gasteiger partial charge is 0.494 e. The number of benzene rings is 2. The van der Waals surface area contributed by atoms with Crippen LogP contribution in [0.15, 0.2) is 76.1 Å². The number of methoxy groups -OCH3 is 1. The van der Waals surface area contributed by atoms with Crippen molar-refractivity contribution in [1.82, 2.24) is 5.32 Å². The third kappa shape index (κ3) is 4.39. The van der Waals surface area contributed by atoms with Crippen LogP contribution in [-0.4, -0.2) is 18.2 Å². The van der Waals surface area contributed by atoms with Gasteiger partial charge in [0.1, 0.15) is 11.4 Å². The fourth-order valence-electron chi connectivity index (χ4n) is 2.37. The summed E-state index contributed by atoms with van der Waals surface area (Å²) < 4.78 is 5.29. The molecule has 0 radical (unpaired) electrons. The van der Waals surface area contributed by atoms with Crippen molar-refractivity contribution in [2.24, 2.45) is 4.99 Å². The lowest BCUT2D eigenvalue weighted by atomic mass is 10.1. The van der Waals surface area contributed by atoms with Crippen LogP contribution in [0.5, 0.6) is 5.75 Å². The summed E-state index contributed by atoms with van der Waals surface area (Å²) in [6, 6.07) is 17.5. The Labute approximate surface area is 151 Å². The number of carbonyl (C=O) groups excluding carboxylic acids is 1. The molecule has 0 unspecified atom stereocenters. The van der Waals surface area contributed by atoms with E-state index < -0.39 is 0 Å². The molecule has 2 aromatic rings. The van der Waals surface area contributed by atoms with Gasteiger partial charge in [-0.25, -0.2) is 4.99 Å². The standard InChI is InChI=1S/C20H18N2O2S/c1-14(12-15-8-4-3-5-9-15)13-18-19(23)22-20(25-18)21-16-10-6-7-11-17(16)24-2/h3-13H,1-2H3,(H,21,22,23). The third-order valence-corrected chi connectivity index (χ3v) is 4.42. The minimum atomic E-state index is -0.139. The number of rotatable bonds is 4. The van der Waals surface area contributed by atoms with E-state index in [9.17, 15) is 4.79 Å². The zero-order chi connectivity index (χ0) is 17.6. The van der Waals surface area contributed by atoms with E-state index in [1.54, 1.807) is 7.11 Å². The van der Waals surface area contributed by atoms with Gasteiger partial charge in [0.15, 0.2) is 5.17 Å². The minimum Gasteiger partial charge on any atom is -0.494 e. The number of hydrogen-bond donors (Lipinski definition) is 1. The normalized spacial score (nSPS) is 17.8. The molecular weight excluding hydrogens is 332 g/mol. The molecule has 1 saturated heterocycles. The lowest BCUT2D eigenvalue weighted by Gasteiger charge is -2.03. The molecular formula is C20H18N2O2S. The Hall–Kier alpha value is -2.79. The second kappa shape index (κ2) is 7.85. The third-order valence-electron chi connectivity index (χ3n) is 3.51. The Morgan fingerprint density at radius 3 is 2.60 bits per heavy atom. The summed E-state index contributed by atoms with van der Waals surface area (Å²) in [5.74, 6) is 0.530. The second-order valence-corrected chi connectivity index (χ2v) is 6.48. The smallest absolute Gasteiger partial charge is 0.264 e. The first-order valence-corrected chi connectivity index (χ1v) is 8.63. The van der Waals surface area contributed by atoms with Crippen molar-refractivity contribution in [2.75, 3.05) is 7.11 Å². The Balaban J connectivity index is 1.80. The highest BCUT2D eigenvalue weighted by atomic mass is 32.2. The van der Waals surface area contributed by atoms with Crippen LogP contribution in [0.25, 0.3) is 6.08 Å². The average Bonchev–Trinajstić information content (AvgIpc) is 2.95. The predicted molar refractivity (Wildman–Crippen MR) is 104 cm³/mol. The van der Waals surface area contributed by atoms with Gasteiger partial charge < -0.3 is 10.1 Å². The number of para-hydroxylation sites is 2. The van der Waals surface area contributed by atoms with Gasteiger partial charge in [0.25, 0.3) is 5.91 Å². The first-order valence-electron chi connectivity index (χ1n) is 7.81. The Kier molecular flexibility index (Phi) is 5.36. The number of aliphatic imine (C=N–C) groups is 1. The molecule has 0 bridgehead atoms. The van der Waals surface area contributed by atoms with E-state index in [0.29, 0.717) is 21.5 Å². The molecule has 126 valence electrons. The summed E-state index contributed by atoms with van der Waals surface area (Å²) in [5.41, 5.74) is 2.79. The van der Waals surface area contributed by atoms with Gasteiger partial charge in [-0.3, -0.25) is 4.79 Å². The Bertz CT molecular complexity index is 870. The SMILES string of the molecule is COc1ccccc1N=C1NC(=O)C(=CC(C)=Cc2ccccc2)S1. The number of amidine groups is 1. The number of nitrogens with one attached hydrogen (secondary N) is 1. The number of nitrogens with zero attached hydrogens (tertiary/aromatic N) is 1. The summed E-state index contributed by atoms with van der Waals surface area (Å²) in [6.45, 7) is 1.98. The highest BCUT2D eigenvalue weighted by Gasteiger charge is 2.24. The number of amides is 1. The molecule has 0 aromatic heterocycles. The highest BCUT2D eigenvalue weighted by Crippen LogP contribution is 2.31. The van der Waals surface area contributed by atoms with Crippen LogP contribution in [0.4, 0.5) is 5.69 Å². The first-order chi connectivity index (χ1) is 12.2. The molecule has 1 N–H and O–H groups in total. The van der Waals surface area contributed by atoms with Crippen LogP contribution in [0, 0.1) is 0 Å². The fourth-order valence-corrected chi connectivity index (χ4v) is 3.26. The molecule has 1 fully saturated rings. The maximum atomic E-state index is 12.2.